The highest BCUT2D eigenvalue weighted by Gasteiger charge is 2.29. The van der Waals surface area contributed by atoms with Gasteiger partial charge < -0.3 is 10.2 Å². The van der Waals surface area contributed by atoms with E-state index in [9.17, 15) is 0 Å². The summed E-state index contributed by atoms with van der Waals surface area (Å²) in [5, 5.41) is 15.5. The highest BCUT2D eigenvalue weighted by molar-refractivity contribution is 14.0. The molecular formula is C18H20IN7S. The topological polar surface area (TPSA) is 71.2 Å². The van der Waals surface area contributed by atoms with E-state index in [2.05, 4.69) is 43.0 Å². The highest BCUT2D eigenvalue weighted by atomic mass is 127. The van der Waals surface area contributed by atoms with E-state index >= 15 is 0 Å². The van der Waals surface area contributed by atoms with Crippen LogP contribution in [0, 0.1) is 6.92 Å². The number of nitrogens with zero attached hydrogens (tertiary/aromatic N) is 6. The molecule has 1 N–H and O–H groups in total. The van der Waals surface area contributed by atoms with Crippen LogP contribution in [0.1, 0.15) is 28.1 Å². The number of fused-ring (bicyclic) bond motifs is 1. The van der Waals surface area contributed by atoms with Crippen LogP contribution in [0.25, 0.3) is 5.69 Å². The maximum absolute atomic E-state index is 4.71. The summed E-state index contributed by atoms with van der Waals surface area (Å²) in [5.74, 6) is 0.945. The monoisotopic (exact) mass is 493 g/mol. The van der Waals surface area contributed by atoms with Crippen LogP contribution in [-0.4, -0.2) is 43.9 Å². The number of para-hydroxylation sites is 1. The van der Waals surface area contributed by atoms with Gasteiger partial charge >= 0.3 is 0 Å². The van der Waals surface area contributed by atoms with Gasteiger partial charge in [0.25, 0.3) is 0 Å². The summed E-state index contributed by atoms with van der Waals surface area (Å²) in [7, 11) is 0. The largest absolute Gasteiger partial charge is 0.346 e. The zero-order valence-electron chi connectivity index (χ0n) is 14.9. The van der Waals surface area contributed by atoms with Crippen molar-refractivity contribution in [3.05, 3.63) is 57.8 Å². The molecule has 0 spiro atoms. The molecule has 2 aliphatic heterocycles. The molecule has 0 amide bonds. The second-order valence-corrected chi connectivity index (χ2v) is 7.62. The normalized spacial score (nSPS) is 18.5. The number of aliphatic imine (C=N–C) groups is 1. The van der Waals surface area contributed by atoms with E-state index in [4.69, 9.17) is 4.99 Å². The lowest BCUT2D eigenvalue weighted by Gasteiger charge is -2.28. The third-order valence-electron chi connectivity index (χ3n) is 4.82. The first-order chi connectivity index (χ1) is 12.8. The van der Waals surface area contributed by atoms with E-state index in [1.165, 1.54) is 5.69 Å². The van der Waals surface area contributed by atoms with Gasteiger partial charge in [-0.3, -0.25) is 4.99 Å². The molecule has 0 radical (unpaired) electrons. The summed E-state index contributed by atoms with van der Waals surface area (Å²) < 4.78 is 1.96. The van der Waals surface area contributed by atoms with Gasteiger partial charge in [0.1, 0.15) is 5.69 Å². The molecule has 0 saturated carbocycles. The molecule has 4 heterocycles. The maximum Gasteiger partial charge on any atom is 0.194 e. The van der Waals surface area contributed by atoms with Gasteiger partial charge in [0.05, 0.1) is 41.2 Å². The van der Waals surface area contributed by atoms with Crippen molar-refractivity contribution in [1.82, 2.24) is 30.2 Å². The first kappa shape index (κ1) is 18.4. The van der Waals surface area contributed by atoms with Crippen molar-refractivity contribution in [1.29, 1.82) is 0 Å². The zero-order chi connectivity index (χ0) is 17.5. The average Bonchev–Trinajstić information content (AvgIpc) is 3.41. The minimum atomic E-state index is 0. The maximum atomic E-state index is 4.71. The van der Waals surface area contributed by atoms with Crippen molar-refractivity contribution in [2.45, 2.75) is 25.9 Å². The molecule has 140 valence electrons. The van der Waals surface area contributed by atoms with Crippen molar-refractivity contribution in [3.8, 4) is 5.69 Å². The first-order valence-electron chi connectivity index (χ1n) is 8.75. The molecule has 9 heteroatoms. The molecule has 0 fully saturated rings. The molecule has 1 atom stereocenters. The molecule has 1 aromatic carbocycles. The molecule has 5 rings (SSSR count). The number of halogens is 1. The molecule has 7 nitrogen and oxygen atoms in total. The molecule has 3 aromatic rings. The Morgan fingerprint density at radius 3 is 2.85 bits per heavy atom. The summed E-state index contributed by atoms with van der Waals surface area (Å²) >= 11 is 1.68. The Bertz CT molecular complexity index is 965. The Kier molecular flexibility index (Phi) is 5.13. The van der Waals surface area contributed by atoms with E-state index in [0.717, 1.165) is 54.1 Å². The van der Waals surface area contributed by atoms with Crippen LogP contribution in [0.3, 0.4) is 0 Å². The standard InChI is InChI=1S/C18H19N7S.HI/c1-12-20-16(11-26-12)14-9-19-18(21-14)24-8-7-17-15(10-24)22-23-25(17)13-5-3-2-4-6-13;/h2-6,11,14H,7-10H2,1H3,(H,19,21);1H. The Labute approximate surface area is 178 Å². The van der Waals surface area contributed by atoms with Gasteiger partial charge in [-0.05, 0) is 19.1 Å². The molecule has 27 heavy (non-hydrogen) atoms. The van der Waals surface area contributed by atoms with Crippen molar-refractivity contribution < 1.29 is 0 Å². The minimum absolute atomic E-state index is 0. The van der Waals surface area contributed by atoms with Crippen LogP contribution in [0.5, 0.6) is 0 Å². The van der Waals surface area contributed by atoms with Crippen LogP contribution < -0.4 is 5.32 Å². The lowest BCUT2D eigenvalue weighted by atomic mass is 10.1. The van der Waals surface area contributed by atoms with Gasteiger partial charge in [-0.1, -0.05) is 23.4 Å². The lowest BCUT2D eigenvalue weighted by Crippen LogP contribution is -2.42. The van der Waals surface area contributed by atoms with Gasteiger partial charge in [-0.25, -0.2) is 9.67 Å². The van der Waals surface area contributed by atoms with Gasteiger partial charge in [0.15, 0.2) is 5.96 Å². The van der Waals surface area contributed by atoms with Gasteiger partial charge in [-0.2, -0.15) is 0 Å². The molecule has 0 saturated heterocycles. The molecule has 2 aromatic heterocycles. The van der Waals surface area contributed by atoms with Crippen LogP contribution in [0.15, 0.2) is 40.7 Å². The van der Waals surface area contributed by atoms with Crippen LogP contribution >= 0.6 is 35.3 Å². The average molecular weight is 493 g/mol. The van der Waals surface area contributed by atoms with Crippen LogP contribution in [-0.2, 0) is 13.0 Å². The van der Waals surface area contributed by atoms with E-state index in [-0.39, 0.29) is 30.0 Å². The predicted molar refractivity (Wildman–Crippen MR) is 116 cm³/mol. The van der Waals surface area contributed by atoms with E-state index in [0.29, 0.717) is 0 Å². The fourth-order valence-corrected chi connectivity index (χ4v) is 4.15. The molecule has 1 unspecified atom stereocenters. The first-order valence-corrected chi connectivity index (χ1v) is 9.63. The van der Waals surface area contributed by atoms with Crippen LogP contribution in [0.4, 0.5) is 0 Å². The number of nitrogens with one attached hydrogen (secondary N) is 1. The Balaban J connectivity index is 0.00000180. The number of thiazole rings is 1. The van der Waals surface area contributed by atoms with Crippen molar-refractivity contribution >= 4 is 41.3 Å². The smallest absolute Gasteiger partial charge is 0.194 e. The quantitative estimate of drug-likeness (QED) is 0.556. The third-order valence-corrected chi connectivity index (χ3v) is 5.62. The number of hydrogen-bond donors (Lipinski definition) is 1. The molecule has 0 aliphatic carbocycles. The summed E-state index contributed by atoms with van der Waals surface area (Å²) in [6.07, 6.45) is 0.901. The van der Waals surface area contributed by atoms with E-state index in [1.54, 1.807) is 11.3 Å². The van der Waals surface area contributed by atoms with Crippen molar-refractivity contribution in [2.24, 2.45) is 4.99 Å². The lowest BCUT2D eigenvalue weighted by molar-refractivity contribution is 0.373. The van der Waals surface area contributed by atoms with E-state index < -0.39 is 0 Å². The minimum Gasteiger partial charge on any atom is -0.346 e. The Morgan fingerprint density at radius 1 is 1.22 bits per heavy atom. The number of rotatable bonds is 2. The highest BCUT2D eigenvalue weighted by Crippen LogP contribution is 2.24. The molecule has 2 aliphatic rings. The SMILES string of the molecule is Cc1nc(C2CN=C(N3CCc4c(nnn4-c4ccccc4)C3)N2)cs1.I. The molecule has 0 bridgehead atoms. The Morgan fingerprint density at radius 2 is 2.07 bits per heavy atom. The number of aryl methyl sites for hydroxylation is 1. The van der Waals surface area contributed by atoms with Crippen molar-refractivity contribution in [3.63, 3.8) is 0 Å². The molecular weight excluding hydrogens is 473 g/mol. The number of aromatic nitrogens is 4. The third kappa shape index (κ3) is 3.45. The fourth-order valence-electron chi connectivity index (χ4n) is 3.49. The second kappa shape index (κ2) is 7.55. The Hall–Kier alpha value is -2.01. The zero-order valence-corrected chi connectivity index (χ0v) is 18.0. The summed E-state index contributed by atoms with van der Waals surface area (Å²) in [5.41, 5.74) is 4.36. The number of benzene rings is 1. The van der Waals surface area contributed by atoms with Gasteiger partial charge in [0, 0.05) is 18.3 Å². The van der Waals surface area contributed by atoms with Crippen molar-refractivity contribution in [2.75, 3.05) is 13.1 Å². The van der Waals surface area contributed by atoms with Crippen LogP contribution in [0.2, 0.25) is 0 Å². The van der Waals surface area contributed by atoms with Gasteiger partial charge in [-0.15, -0.1) is 40.4 Å². The second-order valence-electron chi connectivity index (χ2n) is 6.55. The predicted octanol–water partition coefficient (Wildman–Crippen LogP) is 2.71. The number of hydrogen-bond acceptors (Lipinski definition) is 7. The summed E-state index contributed by atoms with van der Waals surface area (Å²) in [6.45, 7) is 4.41. The fraction of sp³-hybridized carbons (Fsp3) is 0.333. The van der Waals surface area contributed by atoms with Gasteiger partial charge in [0.2, 0.25) is 0 Å². The summed E-state index contributed by atoms with van der Waals surface area (Å²) in [6, 6.07) is 10.4. The summed E-state index contributed by atoms with van der Waals surface area (Å²) in [4.78, 5) is 11.5. The van der Waals surface area contributed by atoms with E-state index in [1.807, 2.05) is 29.8 Å². The number of guanidine groups is 1.